The Morgan fingerprint density at radius 1 is 1.35 bits per heavy atom. The van der Waals surface area contributed by atoms with Crippen molar-refractivity contribution in [2.75, 3.05) is 23.4 Å². The summed E-state index contributed by atoms with van der Waals surface area (Å²) in [7, 11) is 0. The third kappa shape index (κ3) is 3.11. The minimum atomic E-state index is -0.730. The molecule has 1 fully saturated rings. The van der Waals surface area contributed by atoms with Crippen LogP contribution in [0.2, 0.25) is 0 Å². The number of carboxylic acids is 1. The second-order valence-corrected chi connectivity index (χ2v) is 7.86. The van der Waals surface area contributed by atoms with Gasteiger partial charge in [0.15, 0.2) is 5.13 Å². The van der Waals surface area contributed by atoms with Gasteiger partial charge in [-0.15, -0.1) is 11.3 Å². The molecule has 20 heavy (non-hydrogen) atoms. The van der Waals surface area contributed by atoms with Gasteiger partial charge in [0.1, 0.15) is 5.92 Å². The molecule has 1 unspecified atom stereocenters. The summed E-state index contributed by atoms with van der Waals surface area (Å²) in [6.07, 6.45) is 5.23. The van der Waals surface area contributed by atoms with E-state index in [4.69, 9.17) is 0 Å². The van der Waals surface area contributed by atoms with Gasteiger partial charge in [0, 0.05) is 11.4 Å². The zero-order chi connectivity index (χ0) is 13.9. The zero-order valence-electron chi connectivity index (χ0n) is 11.4. The standard InChI is InChI=1S/C14H20N2O2S2/c17-13(18)10-2-1-3-11-12(10)16-14(20-11)15-8-9-4-6-19-7-5-9/h9-10H,1-8H2,(H,15,16)(H,17,18). The first-order valence-corrected chi connectivity index (χ1v) is 9.25. The molecule has 4 nitrogen and oxygen atoms in total. The van der Waals surface area contributed by atoms with Gasteiger partial charge >= 0.3 is 5.97 Å². The molecular formula is C14H20N2O2S2. The minimum absolute atomic E-state index is 0.392. The van der Waals surface area contributed by atoms with E-state index in [1.54, 1.807) is 11.3 Å². The van der Waals surface area contributed by atoms with Crippen molar-refractivity contribution in [2.24, 2.45) is 5.92 Å². The molecule has 1 aromatic rings. The molecule has 1 aromatic heterocycles. The first-order chi connectivity index (χ1) is 9.74. The smallest absolute Gasteiger partial charge is 0.312 e. The Labute approximate surface area is 127 Å². The maximum absolute atomic E-state index is 11.3. The van der Waals surface area contributed by atoms with Crippen LogP contribution in [-0.4, -0.2) is 34.1 Å². The van der Waals surface area contributed by atoms with Crippen LogP contribution in [-0.2, 0) is 11.2 Å². The van der Waals surface area contributed by atoms with E-state index < -0.39 is 11.9 Å². The molecule has 6 heteroatoms. The van der Waals surface area contributed by atoms with Crippen molar-refractivity contribution < 1.29 is 9.90 Å². The number of carbonyl (C=O) groups is 1. The normalized spacial score (nSPS) is 23.3. The average molecular weight is 312 g/mol. The van der Waals surface area contributed by atoms with Crippen molar-refractivity contribution in [3.63, 3.8) is 0 Å². The van der Waals surface area contributed by atoms with Gasteiger partial charge in [0.05, 0.1) is 5.69 Å². The average Bonchev–Trinajstić information content (AvgIpc) is 2.88. The summed E-state index contributed by atoms with van der Waals surface area (Å²) in [5.74, 6) is 2.15. The Hall–Kier alpha value is -0.750. The highest BCUT2D eigenvalue weighted by atomic mass is 32.2. The van der Waals surface area contributed by atoms with Gasteiger partial charge in [0.25, 0.3) is 0 Å². The van der Waals surface area contributed by atoms with Crippen molar-refractivity contribution in [2.45, 2.75) is 38.0 Å². The van der Waals surface area contributed by atoms with Gasteiger partial charge in [-0.2, -0.15) is 11.8 Å². The molecule has 1 aliphatic heterocycles. The van der Waals surface area contributed by atoms with E-state index in [1.165, 1.54) is 29.2 Å². The summed E-state index contributed by atoms with van der Waals surface area (Å²) >= 11 is 3.69. The number of carboxylic acid groups (broad SMARTS) is 1. The molecular weight excluding hydrogens is 292 g/mol. The molecule has 110 valence electrons. The highest BCUT2D eigenvalue weighted by molar-refractivity contribution is 7.99. The predicted octanol–water partition coefficient (Wildman–Crippen LogP) is 3.20. The monoisotopic (exact) mass is 312 g/mol. The fourth-order valence-corrected chi connectivity index (χ4v) is 5.19. The van der Waals surface area contributed by atoms with E-state index in [9.17, 15) is 9.90 Å². The van der Waals surface area contributed by atoms with Crippen LogP contribution in [0.5, 0.6) is 0 Å². The summed E-state index contributed by atoms with van der Waals surface area (Å²) in [4.78, 5) is 17.0. The summed E-state index contributed by atoms with van der Waals surface area (Å²) in [5.41, 5.74) is 0.815. The number of hydrogen-bond donors (Lipinski definition) is 2. The summed E-state index contributed by atoms with van der Waals surface area (Å²) < 4.78 is 0. The van der Waals surface area contributed by atoms with E-state index in [1.807, 2.05) is 11.8 Å². The van der Waals surface area contributed by atoms with Crippen molar-refractivity contribution in [3.8, 4) is 0 Å². The van der Waals surface area contributed by atoms with Crippen molar-refractivity contribution in [1.29, 1.82) is 0 Å². The molecule has 0 bridgehead atoms. The third-order valence-electron chi connectivity index (χ3n) is 4.14. The van der Waals surface area contributed by atoms with Crippen LogP contribution in [0.3, 0.4) is 0 Å². The Balaban J connectivity index is 1.64. The maximum Gasteiger partial charge on any atom is 0.312 e. The van der Waals surface area contributed by atoms with Crippen molar-refractivity contribution >= 4 is 34.2 Å². The number of rotatable bonds is 4. The van der Waals surface area contributed by atoms with Crippen LogP contribution < -0.4 is 5.32 Å². The lowest BCUT2D eigenvalue weighted by Gasteiger charge is -2.21. The molecule has 0 amide bonds. The molecule has 2 heterocycles. The van der Waals surface area contributed by atoms with Crippen LogP contribution >= 0.6 is 23.1 Å². The fraction of sp³-hybridized carbons (Fsp3) is 0.714. The van der Waals surface area contributed by atoms with Gasteiger partial charge in [-0.25, -0.2) is 4.98 Å². The van der Waals surface area contributed by atoms with Crippen LogP contribution in [0.1, 0.15) is 42.2 Å². The molecule has 0 radical (unpaired) electrons. The van der Waals surface area contributed by atoms with E-state index in [-0.39, 0.29) is 0 Å². The predicted molar refractivity (Wildman–Crippen MR) is 84.0 cm³/mol. The van der Waals surface area contributed by atoms with Gasteiger partial charge in [-0.05, 0) is 49.5 Å². The fourth-order valence-electron chi connectivity index (χ4n) is 2.92. The van der Waals surface area contributed by atoms with Crippen LogP contribution in [0, 0.1) is 5.92 Å². The number of aromatic nitrogens is 1. The second-order valence-electron chi connectivity index (χ2n) is 5.55. The molecule has 2 aliphatic rings. The van der Waals surface area contributed by atoms with Crippen LogP contribution in [0.25, 0.3) is 0 Å². The minimum Gasteiger partial charge on any atom is -0.481 e. The lowest BCUT2D eigenvalue weighted by Crippen LogP contribution is -2.19. The van der Waals surface area contributed by atoms with Gasteiger partial charge in [0.2, 0.25) is 0 Å². The quantitative estimate of drug-likeness (QED) is 0.894. The van der Waals surface area contributed by atoms with Gasteiger partial charge < -0.3 is 10.4 Å². The SMILES string of the molecule is O=C(O)C1CCCc2sc(NCC3CCSCC3)nc21. The largest absolute Gasteiger partial charge is 0.481 e. The van der Waals surface area contributed by atoms with E-state index in [2.05, 4.69) is 10.3 Å². The number of nitrogens with one attached hydrogen (secondary N) is 1. The number of fused-ring (bicyclic) bond motifs is 1. The Kier molecular flexibility index (Phi) is 4.51. The highest BCUT2D eigenvalue weighted by Gasteiger charge is 2.30. The zero-order valence-corrected chi connectivity index (χ0v) is 13.1. The summed E-state index contributed by atoms with van der Waals surface area (Å²) in [6, 6.07) is 0. The van der Waals surface area contributed by atoms with Crippen LogP contribution in [0.4, 0.5) is 5.13 Å². The topological polar surface area (TPSA) is 62.2 Å². The van der Waals surface area contributed by atoms with E-state index in [0.29, 0.717) is 0 Å². The Morgan fingerprint density at radius 3 is 2.90 bits per heavy atom. The number of thioether (sulfide) groups is 1. The molecule has 0 spiro atoms. The summed E-state index contributed by atoms with van der Waals surface area (Å²) in [6.45, 7) is 0.977. The lowest BCUT2D eigenvalue weighted by atomic mass is 9.91. The lowest BCUT2D eigenvalue weighted by molar-refractivity contribution is -0.139. The van der Waals surface area contributed by atoms with Crippen LogP contribution in [0.15, 0.2) is 0 Å². The van der Waals surface area contributed by atoms with E-state index in [0.717, 1.165) is 42.6 Å². The number of aryl methyl sites for hydroxylation is 1. The molecule has 1 aliphatic carbocycles. The maximum atomic E-state index is 11.3. The number of hydrogen-bond acceptors (Lipinski definition) is 5. The number of thiazole rings is 1. The highest BCUT2D eigenvalue weighted by Crippen LogP contribution is 2.37. The Morgan fingerprint density at radius 2 is 2.15 bits per heavy atom. The number of aliphatic carboxylic acids is 1. The van der Waals surface area contributed by atoms with Gasteiger partial charge in [-0.3, -0.25) is 4.79 Å². The molecule has 0 saturated carbocycles. The third-order valence-corrected chi connectivity index (χ3v) is 6.27. The van der Waals surface area contributed by atoms with Crippen molar-refractivity contribution in [3.05, 3.63) is 10.6 Å². The molecule has 0 aromatic carbocycles. The first-order valence-electron chi connectivity index (χ1n) is 7.28. The Bertz CT molecular complexity index is 484. The van der Waals surface area contributed by atoms with E-state index >= 15 is 0 Å². The number of anilines is 1. The molecule has 2 N–H and O–H groups in total. The van der Waals surface area contributed by atoms with Crippen molar-refractivity contribution in [1.82, 2.24) is 4.98 Å². The first kappa shape index (κ1) is 14.2. The molecule has 1 atom stereocenters. The number of nitrogens with zero attached hydrogens (tertiary/aromatic N) is 1. The molecule has 3 rings (SSSR count). The molecule has 1 saturated heterocycles. The summed E-state index contributed by atoms with van der Waals surface area (Å²) in [5, 5.41) is 13.6. The second kappa shape index (κ2) is 6.35. The van der Waals surface area contributed by atoms with Gasteiger partial charge in [-0.1, -0.05) is 0 Å².